The highest BCUT2D eigenvalue weighted by atomic mass is 16.4. The van der Waals surface area contributed by atoms with Gasteiger partial charge in [0.25, 0.3) is 0 Å². The number of carboxylic acid groups (broad SMARTS) is 1. The van der Waals surface area contributed by atoms with Crippen molar-refractivity contribution in [2.24, 2.45) is 0 Å². The Labute approximate surface area is 128 Å². The Hall–Kier alpha value is -2.15. The zero-order valence-corrected chi connectivity index (χ0v) is 12.8. The summed E-state index contributed by atoms with van der Waals surface area (Å²) in [6.45, 7) is 5.65. The maximum atomic E-state index is 11.1. The molecule has 0 amide bonds. The second-order valence-corrected chi connectivity index (χ2v) is 6.00. The van der Waals surface area contributed by atoms with Crippen LogP contribution in [-0.2, 0) is 13.1 Å². The van der Waals surface area contributed by atoms with Crippen molar-refractivity contribution in [3.63, 3.8) is 0 Å². The molecule has 22 heavy (non-hydrogen) atoms. The lowest BCUT2D eigenvalue weighted by Gasteiger charge is -2.24. The van der Waals surface area contributed by atoms with Crippen LogP contribution in [0.4, 0.5) is 0 Å². The van der Waals surface area contributed by atoms with Gasteiger partial charge in [0.1, 0.15) is 5.82 Å². The highest BCUT2D eigenvalue weighted by Crippen LogP contribution is 2.25. The van der Waals surface area contributed by atoms with E-state index in [4.69, 9.17) is 5.11 Å². The number of hydrogen-bond acceptors (Lipinski definition) is 4. The molecule has 0 fully saturated rings. The van der Waals surface area contributed by atoms with Crippen molar-refractivity contribution in [3.8, 4) is 0 Å². The summed E-state index contributed by atoms with van der Waals surface area (Å²) < 4.78 is 1.80. The van der Waals surface area contributed by atoms with Gasteiger partial charge < -0.3 is 15.4 Å². The number of rotatable bonds is 5. The van der Waals surface area contributed by atoms with Crippen molar-refractivity contribution < 1.29 is 9.90 Å². The fourth-order valence-corrected chi connectivity index (χ4v) is 2.78. The Balaban J connectivity index is 1.70. The molecule has 1 unspecified atom stereocenters. The lowest BCUT2D eigenvalue weighted by Crippen LogP contribution is -2.28. The third-order valence-electron chi connectivity index (χ3n) is 4.04. The number of aromatic nitrogens is 4. The number of fused-ring (bicyclic) bond motifs is 1. The molecule has 2 aromatic heterocycles. The van der Waals surface area contributed by atoms with Gasteiger partial charge in [0.15, 0.2) is 5.69 Å². The molecule has 0 aliphatic carbocycles. The van der Waals surface area contributed by atoms with Gasteiger partial charge in [-0.15, -0.1) is 0 Å². The zero-order valence-electron chi connectivity index (χ0n) is 12.8. The number of carbonyl (C=O) groups is 1. The molecule has 0 radical (unpaired) electrons. The van der Waals surface area contributed by atoms with Gasteiger partial charge in [0.2, 0.25) is 0 Å². The number of aromatic carboxylic acids is 1. The van der Waals surface area contributed by atoms with Crippen molar-refractivity contribution >= 4 is 5.97 Å². The highest BCUT2D eigenvalue weighted by molar-refractivity contribution is 5.85. The van der Waals surface area contributed by atoms with Gasteiger partial charge in [-0.25, -0.2) is 9.78 Å². The number of aromatic amines is 1. The van der Waals surface area contributed by atoms with Crippen molar-refractivity contribution in [1.82, 2.24) is 25.1 Å². The maximum absolute atomic E-state index is 11.1. The number of nitrogens with zero attached hydrogens (tertiary/aromatic N) is 3. The monoisotopic (exact) mass is 303 g/mol. The van der Waals surface area contributed by atoms with Crippen LogP contribution in [0.5, 0.6) is 0 Å². The first-order chi connectivity index (χ1) is 10.5. The lowest BCUT2D eigenvalue weighted by atomic mass is 10.0. The maximum Gasteiger partial charge on any atom is 0.356 e. The van der Waals surface area contributed by atoms with E-state index in [0.29, 0.717) is 12.5 Å². The van der Waals surface area contributed by atoms with Crippen LogP contribution >= 0.6 is 0 Å². The fraction of sp³-hybridized carbons (Fsp3) is 0.533. The molecule has 3 heterocycles. The first kappa shape index (κ1) is 14.8. The van der Waals surface area contributed by atoms with E-state index < -0.39 is 5.97 Å². The van der Waals surface area contributed by atoms with E-state index in [0.717, 1.165) is 36.6 Å². The second-order valence-electron chi connectivity index (χ2n) is 6.00. The van der Waals surface area contributed by atoms with E-state index in [2.05, 4.69) is 34.2 Å². The predicted octanol–water partition coefficient (Wildman–Crippen LogP) is 2.05. The second kappa shape index (κ2) is 5.92. The molecule has 2 aromatic rings. The predicted molar refractivity (Wildman–Crippen MR) is 80.7 cm³/mol. The Kier molecular flexibility index (Phi) is 3.98. The van der Waals surface area contributed by atoms with Crippen molar-refractivity contribution in [2.45, 2.75) is 51.7 Å². The Bertz CT molecular complexity index is 673. The molecular weight excluding hydrogens is 282 g/mol. The van der Waals surface area contributed by atoms with Gasteiger partial charge in [0.05, 0.1) is 12.2 Å². The number of hydrogen-bond donors (Lipinski definition) is 3. The highest BCUT2D eigenvalue weighted by Gasteiger charge is 2.24. The van der Waals surface area contributed by atoms with Crippen LogP contribution in [-0.4, -0.2) is 30.8 Å². The van der Waals surface area contributed by atoms with Crippen LogP contribution in [0.15, 0.2) is 12.3 Å². The summed E-state index contributed by atoms with van der Waals surface area (Å²) in [4.78, 5) is 18.7. The van der Waals surface area contributed by atoms with Crippen molar-refractivity contribution in [2.75, 3.05) is 0 Å². The van der Waals surface area contributed by atoms with Gasteiger partial charge in [-0.3, -0.25) is 4.68 Å². The summed E-state index contributed by atoms with van der Waals surface area (Å²) in [6, 6.07) is 1.78. The first-order valence-corrected chi connectivity index (χ1v) is 7.63. The molecule has 3 N–H and O–H groups in total. The molecule has 0 bridgehead atoms. The Morgan fingerprint density at radius 2 is 2.41 bits per heavy atom. The SMILES string of the molecule is CC(C)c1cnc(CNC2CCCn3nc(C(=O)O)cc32)[nH]1. The lowest BCUT2D eigenvalue weighted by molar-refractivity contribution is 0.0689. The zero-order chi connectivity index (χ0) is 15.7. The topological polar surface area (TPSA) is 95.8 Å². The molecule has 0 saturated carbocycles. The average molecular weight is 303 g/mol. The summed E-state index contributed by atoms with van der Waals surface area (Å²) in [7, 11) is 0. The van der Waals surface area contributed by atoms with E-state index in [1.807, 2.05) is 6.20 Å². The van der Waals surface area contributed by atoms with E-state index in [1.54, 1.807) is 10.7 Å². The normalized spacial score (nSPS) is 17.7. The number of nitrogens with one attached hydrogen (secondary N) is 2. The summed E-state index contributed by atoms with van der Waals surface area (Å²) >= 11 is 0. The van der Waals surface area contributed by atoms with E-state index in [1.165, 1.54) is 0 Å². The van der Waals surface area contributed by atoms with E-state index in [-0.39, 0.29) is 11.7 Å². The van der Waals surface area contributed by atoms with Crippen LogP contribution in [0.3, 0.4) is 0 Å². The van der Waals surface area contributed by atoms with Gasteiger partial charge in [-0.1, -0.05) is 13.8 Å². The fourth-order valence-electron chi connectivity index (χ4n) is 2.78. The molecule has 1 aliphatic rings. The largest absolute Gasteiger partial charge is 0.476 e. The molecule has 0 saturated heterocycles. The number of aryl methyl sites for hydroxylation is 1. The summed E-state index contributed by atoms with van der Waals surface area (Å²) in [5.41, 5.74) is 2.18. The van der Waals surface area contributed by atoms with Crippen LogP contribution in [0.2, 0.25) is 0 Å². The Morgan fingerprint density at radius 3 is 3.09 bits per heavy atom. The van der Waals surface area contributed by atoms with Gasteiger partial charge in [0, 0.05) is 24.5 Å². The smallest absolute Gasteiger partial charge is 0.356 e. The van der Waals surface area contributed by atoms with Gasteiger partial charge in [-0.2, -0.15) is 5.10 Å². The minimum Gasteiger partial charge on any atom is -0.476 e. The molecule has 1 aliphatic heterocycles. The van der Waals surface area contributed by atoms with Gasteiger partial charge >= 0.3 is 5.97 Å². The molecule has 0 spiro atoms. The molecular formula is C15H21N5O2. The van der Waals surface area contributed by atoms with Crippen molar-refractivity contribution in [1.29, 1.82) is 0 Å². The minimum atomic E-state index is -0.978. The summed E-state index contributed by atoms with van der Waals surface area (Å²) in [5, 5.41) is 16.7. The van der Waals surface area contributed by atoms with E-state index >= 15 is 0 Å². The van der Waals surface area contributed by atoms with Crippen LogP contribution < -0.4 is 5.32 Å². The van der Waals surface area contributed by atoms with Crippen LogP contribution in [0.25, 0.3) is 0 Å². The third kappa shape index (κ3) is 2.89. The molecule has 7 nitrogen and oxygen atoms in total. The standard InChI is InChI=1S/C15H21N5O2/c1-9(2)12-7-17-14(18-12)8-16-10-4-3-5-20-13(10)6-11(19-20)15(21)22/h6-7,9-10,16H,3-5,8H2,1-2H3,(H,17,18)(H,21,22). The quantitative estimate of drug-likeness (QED) is 0.785. The third-order valence-corrected chi connectivity index (χ3v) is 4.04. The van der Waals surface area contributed by atoms with Crippen LogP contribution in [0.1, 0.15) is 66.3 Å². The minimum absolute atomic E-state index is 0.113. The molecule has 0 aromatic carbocycles. The average Bonchev–Trinajstić information content (AvgIpc) is 3.11. The molecule has 3 rings (SSSR count). The van der Waals surface area contributed by atoms with E-state index in [9.17, 15) is 4.79 Å². The van der Waals surface area contributed by atoms with Gasteiger partial charge in [-0.05, 0) is 24.8 Å². The number of imidazole rings is 1. The first-order valence-electron chi connectivity index (χ1n) is 7.63. The van der Waals surface area contributed by atoms with Crippen molar-refractivity contribution in [3.05, 3.63) is 35.2 Å². The molecule has 1 atom stereocenters. The van der Waals surface area contributed by atoms with Crippen LogP contribution in [0, 0.1) is 0 Å². The number of carboxylic acids is 1. The number of H-pyrrole nitrogens is 1. The summed E-state index contributed by atoms with van der Waals surface area (Å²) in [5.74, 6) is 0.350. The molecule has 7 heteroatoms. The molecule has 118 valence electrons. The summed E-state index contributed by atoms with van der Waals surface area (Å²) in [6.07, 6.45) is 3.83. The Morgan fingerprint density at radius 1 is 1.59 bits per heavy atom.